The lowest BCUT2D eigenvalue weighted by Crippen LogP contribution is -2.31. The first-order valence-corrected chi connectivity index (χ1v) is 10.3. The number of nitrogens with one attached hydrogen (secondary N) is 1. The van der Waals surface area contributed by atoms with Crippen LogP contribution in [0.4, 0.5) is 10.5 Å². The smallest absolute Gasteiger partial charge is 0.286 e. The summed E-state index contributed by atoms with van der Waals surface area (Å²) in [4.78, 5) is 52.6. The minimum atomic E-state index is -0.320. The second-order valence-corrected chi connectivity index (χ2v) is 8.21. The van der Waals surface area contributed by atoms with Gasteiger partial charge in [0.1, 0.15) is 0 Å². The number of fused-ring (bicyclic) bond motifs is 1. The molecule has 2 aromatic rings. The predicted octanol–water partition coefficient (Wildman–Crippen LogP) is 3.78. The van der Waals surface area contributed by atoms with Gasteiger partial charge < -0.3 is 10.2 Å². The Balaban J connectivity index is 1.56. The Morgan fingerprint density at radius 3 is 2.47 bits per heavy atom. The van der Waals surface area contributed by atoms with Gasteiger partial charge in [0.25, 0.3) is 17.1 Å². The first-order valence-electron chi connectivity index (χ1n) is 9.53. The van der Waals surface area contributed by atoms with Gasteiger partial charge in [-0.3, -0.25) is 24.1 Å². The van der Waals surface area contributed by atoms with Gasteiger partial charge in [-0.15, -0.1) is 0 Å². The van der Waals surface area contributed by atoms with Gasteiger partial charge in [-0.05, 0) is 49.4 Å². The van der Waals surface area contributed by atoms with E-state index in [2.05, 4.69) is 5.32 Å². The minimum absolute atomic E-state index is 0.141. The number of hydrogen-bond donors (Lipinski definition) is 1. The highest BCUT2D eigenvalue weighted by Gasteiger charge is 2.34. The van der Waals surface area contributed by atoms with Crippen LogP contribution in [0.1, 0.15) is 39.1 Å². The zero-order chi connectivity index (χ0) is 21.8. The number of carbonyl (C=O) groups is 4. The predicted molar refractivity (Wildman–Crippen MR) is 116 cm³/mol. The van der Waals surface area contributed by atoms with Crippen molar-refractivity contribution in [3.05, 3.63) is 59.2 Å². The van der Waals surface area contributed by atoms with Crippen LogP contribution in [0.15, 0.2) is 47.4 Å². The molecule has 0 aliphatic carbocycles. The molecule has 0 radical (unpaired) electrons. The average molecular weight is 426 g/mol. The van der Waals surface area contributed by atoms with Crippen LogP contribution in [0.2, 0.25) is 0 Å². The van der Waals surface area contributed by atoms with Gasteiger partial charge >= 0.3 is 0 Å². The number of aryl methyl sites for hydroxylation is 1. The van der Waals surface area contributed by atoms with E-state index < -0.39 is 0 Å². The van der Waals surface area contributed by atoms with Crippen molar-refractivity contribution in [2.75, 3.05) is 26.0 Å². The molecule has 0 fully saturated rings. The van der Waals surface area contributed by atoms with Crippen molar-refractivity contribution in [2.45, 2.75) is 24.7 Å². The Morgan fingerprint density at radius 2 is 1.73 bits per heavy atom. The zero-order valence-corrected chi connectivity index (χ0v) is 17.9. The molecule has 0 aromatic heterocycles. The van der Waals surface area contributed by atoms with Crippen LogP contribution in [-0.4, -0.2) is 53.4 Å². The molecule has 7 nitrogen and oxygen atoms in total. The van der Waals surface area contributed by atoms with E-state index in [0.717, 1.165) is 17.3 Å². The number of thioether (sulfide) groups is 1. The third-order valence-corrected chi connectivity index (χ3v) is 5.75. The lowest BCUT2D eigenvalue weighted by molar-refractivity contribution is -0.116. The molecule has 1 aliphatic heterocycles. The normalized spacial score (nSPS) is 12.7. The summed E-state index contributed by atoms with van der Waals surface area (Å²) in [6.07, 6.45) is 0.495. The summed E-state index contributed by atoms with van der Waals surface area (Å²) in [5.41, 5.74) is 2.30. The topological polar surface area (TPSA) is 86.8 Å². The number of anilines is 1. The van der Waals surface area contributed by atoms with Crippen LogP contribution in [0.5, 0.6) is 0 Å². The van der Waals surface area contributed by atoms with Crippen LogP contribution in [0.25, 0.3) is 0 Å². The van der Waals surface area contributed by atoms with Crippen molar-refractivity contribution in [2.24, 2.45) is 0 Å². The van der Waals surface area contributed by atoms with E-state index in [4.69, 9.17) is 0 Å². The standard InChI is InChI=1S/C22H23N3O4S/c1-14-10-11-15-16(13-14)21(28)25(20(15)27)12-6-9-19(26)23-17-7-4-5-8-18(17)30-22(29)24(2)3/h4-5,7-8,10-11,13H,6,9,12H2,1-3H3,(H,23,26). The number of hydrogen-bond acceptors (Lipinski definition) is 5. The molecular weight excluding hydrogens is 402 g/mol. The first-order chi connectivity index (χ1) is 14.3. The Morgan fingerprint density at radius 1 is 1.03 bits per heavy atom. The Labute approximate surface area is 179 Å². The largest absolute Gasteiger partial charge is 0.339 e. The van der Waals surface area contributed by atoms with Gasteiger partial charge in [0, 0.05) is 32.0 Å². The molecule has 8 heteroatoms. The van der Waals surface area contributed by atoms with E-state index in [9.17, 15) is 19.2 Å². The summed E-state index contributed by atoms with van der Waals surface area (Å²) in [6.45, 7) is 2.04. The Kier molecular flexibility index (Phi) is 6.56. The highest BCUT2D eigenvalue weighted by molar-refractivity contribution is 8.13. The lowest BCUT2D eigenvalue weighted by atomic mass is 10.1. The maximum atomic E-state index is 12.5. The van der Waals surface area contributed by atoms with Gasteiger partial charge in [0.15, 0.2) is 0 Å². The van der Waals surface area contributed by atoms with Crippen LogP contribution < -0.4 is 5.32 Å². The highest BCUT2D eigenvalue weighted by Crippen LogP contribution is 2.29. The third kappa shape index (κ3) is 4.71. The summed E-state index contributed by atoms with van der Waals surface area (Å²) in [6, 6.07) is 12.3. The fraction of sp³-hybridized carbons (Fsp3) is 0.273. The van der Waals surface area contributed by atoms with Gasteiger partial charge in [-0.2, -0.15) is 0 Å². The third-order valence-electron chi connectivity index (χ3n) is 4.64. The second kappa shape index (κ2) is 9.13. The molecule has 1 aliphatic rings. The van der Waals surface area contributed by atoms with E-state index in [1.165, 1.54) is 9.80 Å². The average Bonchev–Trinajstić information content (AvgIpc) is 2.93. The number of amides is 4. The number of carbonyl (C=O) groups excluding carboxylic acids is 4. The summed E-state index contributed by atoms with van der Waals surface area (Å²) < 4.78 is 0. The summed E-state index contributed by atoms with van der Waals surface area (Å²) >= 11 is 1.03. The van der Waals surface area contributed by atoms with E-state index >= 15 is 0 Å². The quantitative estimate of drug-likeness (QED) is 0.562. The molecule has 30 heavy (non-hydrogen) atoms. The summed E-state index contributed by atoms with van der Waals surface area (Å²) in [5.74, 6) is -0.879. The van der Waals surface area contributed by atoms with Crippen LogP contribution in [0, 0.1) is 6.92 Å². The van der Waals surface area contributed by atoms with Crippen molar-refractivity contribution in [3.8, 4) is 0 Å². The van der Waals surface area contributed by atoms with E-state index in [0.29, 0.717) is 28.1 Å². The van der Waals surface area contributed by atoms with Crippen molar-refractivity contribution in [1.29, 1.82) is 0 Å². The van der Waals surface area contributed by atoms with Crippen molar-refractivity contribution < 1.29 is 19.2 Å². The SMILES string of the molecule is Cc1ccc2c(c1)C(=O)N(CCCC(=O)Nc1ccccc1SC(=O)N(C)C)C2=O. The van der Waals surface area contributed by atoms with Crippen LogP contribution in [-0.2, 0) is 4.79 Å². The molecular formula is C22H23N3O4S. The van der Waals surface area contributed by atoms with Crippen LogP contribution in [0.3, 0.4) is 0 Å². The molecule has 3 rings (SSSR count). The number of imide groups is 1. The van der Waals surface area contributed by atoms with Crippen molar-refractivity contribution in [3.63, 3.8) is 0 Å². The molecule has 4 amide bonds. The van der Waals surface area contributed by atoms with Crippen LogP contribution >= 0.6 is 11.8 Å². The van der Waals surface area contributed by atoms with E-state index in [1.54, 1.807) is 56.6 Å². The maximum Gasteiger partial charge on any atom is 0.286 e. The Hall–Kier alpha value is -3.13. The monoisotopic (exact) mass is 425 g/mol. The molecule has 0 bridgehead atoms. The number of benzene rings is 2. The molecule has 0 atom stereocenters. The highest BCUT2D eigenvalue weighted by atomic mass is 32.2. The fourth-order valence-electron chi connectivity index (χ4n) is 3.06. The minimum Gasteiger partial charge on any atom is -0.339 e. The number of rotatable bonds is 6. The van der Waals surface area contributed by atoms with Gasteiger partial charge in [0.2, 0.25) is 5.91 Å². The molecule has 0 unspecified atom stereocenters. The number of para-hydroxylation sites is 1. The first kappa shape index (κ1) is 21.6. The van der Waals surface area contributed by atoms with Gasteiger partial charge in [-0.1, -0.05) is 23.8 Å². The van der Waals surface area contributed by atoms with Gasteiger partial charge in [-0.25, -0.2) is 0 Å². The van der Waals surface area contributed by atoms with Gasteiger partial charge in [0.05, 0.1) is 16.8 Å². The second-order valence-electron chi connectivity index (χ2n) is 7.22. The maximum absolute atomic E-state index is 12.5. The Bertz CT molecular complexity index is 1020. The zero-order valence-electron chi connectivity index (χ0n) is 17.1. The summed E-state index contributed by atoms with van der Waals surface area (Å²) in [7, 11) is 3.33. The molecule has 2 aromatic carbocycles. The molecule has 156 valence electrons. The van der Waals surface area contributed by atoms with E-state index in [-0.39, 0.29) is 35.9 Å². The number of nitrogens with zero attached hydrogens (tertiary/aromatic N) is 2. The van der Waals surface area contributed by atoms with Crippen molar-refractivity contribution in [1.82, 2.24) is 9.80 Å². The lowest BCUT2D eigenvalue weighted by Gasteiger charge is -2.15. The van der Waals surface area contributed by atoms with Crippen molar-refractivity contribution >= 4 is 40.4 Å². The van der Waals surface area contributed by atoms with E-state index in [1.807, 2.05) is 6.92 Å². The molecule has 0 saturated carbocycles. The summed E-state index contributed by atoms with van der Waals surface area (Å²) in [5, 5.41) is 2.67. The fourth-order valence-corrected chi connectivity index (χ4v) is 3.81. The molecule has 0 saturated heterocycles. The molecule has 0 spiro atoms. The molecule has 1 heterocycles. The molecule has 1 N–H and O–H groups in total.